The van der Waals surface area contributed by atoms with Crippen LogP contribution in [0.4, 0.5) is 13.2 Å². The highest BCUT2D eigenvalue weighted by Crippen LogP contribution is 2.29. The van der Waals surface area contributed by atoms with Gasteiger partial charge in [-0.15, -0.1) is 10.2 Å². The van der Waals surface area contributed by atoms with Gasteiger partial charge in [0.05, 0.1) is 27.9 Å². The zero-order valence-electron chi connectivity index (χ0n) is 18.5. The number of nitrogens with zero attached hydrogens (tertiary/aromatic N) is 9. The van der Waals surface area contributed by atoms with Gasteiger partial charge in [-0.3, -0.25) is 5.10 Å². The van der Waals surface area contributed by atoms with Gasteiger partial charge in [-0.25, -0.2) is 19.4 Å². The summed E-state index contributed by atoms with van der Waals surface area (Å²) >= 11 is 6.33. The van der Waals surface area contributed by atoms with Crippen LogP contribution in [0.2, 0.25) is 5.02 Å². The van der Waals surface area contributed by atoms with E-state index >= 15 is 0 Å². The molecule has 0 fully saturated rings. The fraction of sp³-hybridized carbons (Fsp3) is 0.143. The Balaban J connectivity index is 1.53. The highest BCUT2D eigenvalue weighted by molar-refractivity contribution is 6.32. The fourth-order valence-electron chi connectivity index (χ4n) is 3.86. The van der Waals surface area contributed by atoms with Crippen LogP contribution in [-0.2, 0) is 12.7 Å². The van der Waals surface area contributed by atoms with E-state index in [2.05, 4.69) is 40.7 Å². The van der Waals surface area contributed by atoms with Crippen LogP contribution in [0.3, 0.4) is 0 Å². The molecule has 0 amide bonds. The topological polar surface area (TPSA) is 146 Å². The molecule has 37 heavy (non-hydrogen) atoms. The molecule has 12 nitrogen and oxygen atoms in total. The summed E-state index contributed by atoms with van der Waals surface area (Å²) in [7, 11) is 0. The molecule has 186 valence electrons. The van der Waals surface area contributed by atoms with E-state index in [4.69, 9.17) is 16.0 Å². The number of nitrogens with one attached hydrogen (secondary N) is 1. The molecule has 0 saturated heterocycles. The minimum Gasteiger partial charge on any atom is -0.401 e. The number of aryl methyl sites for hydroxylation is 1. The van der Waals surface area contributed by atoms with Gasteiger partial charge < -0.3 is 4.42 Å². The SMILES string of the molecule is Cc1cc2cn[nH]c2c2c(=O)oc(-c3cc(Cn4nnc(C(F)(F)F)n4)nn3-c3ncccc3Cl)nc12. The number of halogens is 4. The van der Waals surface area contributed by atoms with E-state index in [0.29, 0.717) is 16.6 Å². The number of alkyl halides is 3. The van der Waals surface area contributed by atoms with Crippen LogP contribution in [0.15, 0.2) is 45.9 Å². The zero-order valence-corrected chi connectivity index (χ0v) is 19.3. The van der Waals surface area contributed by atoms with E-state index in [-0.39, 0.29) is 40.1 Å². The lowest BCUT2D eigenvalue weighted by molar-refractivity contribution is -0.145. The van der Waals surface area contributed by atoms with Crippen molar-refractivity contribution in [1.82, 2.24) is 50.2 Å². The molecule has 0 atom stereocenters. The average Bonchev–Trinajstić information content (AvgIpc) is 3.59. The lowest BCUT2D eigenvalue weighted by atomic mass is 10.1. The van der Waals surface area contributed by atoms with Crippen molar-refractivity contribution in [2.75, 3.05) is 0 Å². The fourth-order valence-corrected chi connectivity index (χ4v) is 4.06. The average molecular weight is 529 g/mol. The quantitative estimate of drug-likeness (QED) is 0.364. The maximum atomic E-state index is 13.1. The van der Waals surface area contributed by atoms with Crippen molar-refractivity contribution in [2.45, 2.75) is 19.6 Å². The number of pyridine rings is 1. The minimum absolute atomic E-state index is 0.109. The van der Waals surface area contributed by atoms with E-state index in [1.807, 2.05) is 6.07 Å². The monoisotopic (exact) mass is 528 g/mol. The summed E-state index contributed by atoms with van der Waals surface area (Å²) in [5, 5.41) is 22.1. The Kier molecular flexibility index (Phi) is 5.04. The van der Waals surface area contributed by atoms with Crippen LogP contribution in [-0.4, -0.2) is 50.2 Å². The largest absolute Gasteiger partial charge is 0.455 e. The summed E-state index contributed by atoms with van der Waals surface area (Å²) in [5.74, 6) is -1.32. The standard InChI is InChI=1S/C21H12ClF3N10O2/c1-9-5-10-7-27-29-16(10)14-15(9)28-18(37-19(14)36)13-6-11(8-34-32-20(30-33-34)21(23,24)25)31-35(13)17-12(22)3-2-4-26-17/h2-7H,8H2,1H3,(H,27,29). The predicted molar refractivity (Wildman–Crippen MR) is 122 cm³/mol. The highest BCUT2D eigenvalue weighted by atomic mass is 35.5. The van der Waals surface area contributed by atoms with Gasteiger partial charge in [-0.2, -0.15) is 28.2 Å². The van der Waals surface area contributed by atoms with E-state index in [0.717, 1.165) is 10.2 Å². The van der Waals surface area contributed by atoms with Crippen LogP contribution in [0.5, 0.6) is 0 Å². The number of hydrogen-bond donors (Lipinski definition) is 1. The third-order valence-corrected chi connectivity index (χ3v) is 5.73. The Bertz CT molecular complexity index is 1870. The second-order valence-corrected chi connectivity index (χ2v) is 8.35. The van der Waals surface area contributed by atoms with E-state index in [9.17, 15) is 18.0 Å². The molecule has 1 N–H and O–H groups in total. The third kappa shape index (κ3) is 3.88. The van der Waals surface area contributed by atoms with Crippen LogP contribution < -0.4 is 5.63 Å². The molecule has 0 unspecified atom stereocenters. The van der Waals surface area contributed by atoms with Crippen molar-refractivity contribution in [2.24, 2.45) is 0 Å². The summed E-state index contributed by atoms with van der Waals surface area (Å²) in [6, 6.07) is 6.47. The molecule has 0 spiro atoms. The second kappa shape index (κ2) is 8.19. The maximum absolute atomic E-state index is 13.1. The molecule has 0 aliphatic carbocycles. The minimum atomic E-state index is -4.75. The molecular formula is C21H12ClF3N10O2. The Morgan fingerprint density at radius 2 is 2.05 bits per heavy atom. The van der Waals surface area contributed by atoms with Gasteiger partial charge in [0.2, 0.25) is 5.89 Å². The molecule has 6 rings (SSSR count). The number of H-pyrrole nitrogens is 1. The first kappa shape index (κ1) is 22.8. The van der Waals surface area contributed by atoms with Gasteiger partial charge in [0, 0.05) is 11.6 Å². The molecule has 5 aromatic heterocycles. The van der Waals surface area contributed by atoms with E-state index < -0.39 is 17.6 Å². The number of benzene rings is 1. The second-order valence-electron chi connectivity index (χ2n) is 7.94. The predicted octanol–water partition coefficient (Wildman–Crippen LogP) is 3.33. The number of hydrogen-bond acceptors (Lipinski definition) is 9. The Labute approximate surface area is 207 Å². The first-order valence-electron chi connectivity index (χ1n) is 10.5. The summed E-state index contributed by atoms with van der Waals surface area (Å²) in [6.45, 7) is 1.51. The Morgan fingerprint density at radius 1 is 1.22 bits per heavy atom. The summed E-state index contributed by atoms with van der Waals surface area (Å²) in [4.78, 5) is 22.6. The van der Waals surface area contributed by atoms with Gasteiger partial charge in [0.15, 0.2) is 5.82 Å². The van der Waals surface area contributed by atoms with Crippen molar-refractivity contribution in [1.29, 1.82) is 0 Å². The molecule has 0 saturated carbocycles. The molecule has 6 aromatic rings. The Hall–Kier alpha value is -4.66. The third-order valence-electron chi connectivity index (χ3n) is 5.44. The van der Waals surface area contributed by atoms with Crippen molar-refractivity contribution < 1.29 is 17.6 Å². The Morgan fingerprint density at radius 3 is 2.81 bits per heavy atom. The zero-order chi connectivity index (χ0) is 25.9. The lowest BCUT2D eigenvalue weighted by Crippen LogP contribution is -2.10. The van der Waals surface area contributed by atoms with Crippen molar-refractivity contribution in [3.8, 4) is 17.4 Å². The number of fused-ring (bicyclic) bond motifs is 3. The smallest absolute Gasteiger partial charge is 0.401 e. The van der Waals surface area contributed by atoms with Crippen LogP contribution in [0.25, 0.3) is 39.2 Å². The van der Waals surface area contributed by atoms with Crippen LogP contribution in [0, 0.1) is 6.92 Å². The molecule has 0 radical (unpaired) electrons. The van der Waals surface area contributed by atoms with Gasteiger partial charge in [0.25, 0.3) is 5.82 Å². The number of aromatic amines is 1. The van der Waals surface area contributed by atoms with Gasteiger partial charge in [-0.05, 0) is 42.0 Å². The van der Waals surface area contributed by atoms with Gasteiger partial charge >= 0.3 is 11.8 Å². The van der Waals surface area contributed by atoms with Crippen molar-refractivity contribution in [3.63, 3.8) is 0 Å². The molecule has 0 bridgehead atoms. The highest BCUT2D eigenvalue weighted by Gasteiger charge is 2.37. The lowest BCUT2D eigenvalue weighted by Gasteiger charge is -2.08. The molecule has 1 aromatic carbocycles. The normalized spacial score (nSPS) is 12.1. The molecule has 16 heteroatoms. The van der Waals surface area contributed by atoms with E-state index in [1.54, 1.807) is 25.3 Å². The number of aromatic nitrogens is 10. The maximum Gasteiger partial charge on any atom is 0.455 e. The van der Waals surface area contributed by atoms with Gasteiger partial charge in [0.1, 0.15) is 17.6 Å². The summed E-state index contributed by atoms with van der Waals surface area (Å²) in [6.07, 6.45) is -1.69. The van der Waals surface area contributed by atoms with Gasteiger partial charge in [-0.1, -0.05) is 11.6 Å². The molecule has 0 aliphatic heterocycles. The first-order valence-corrected chi connectivity index (χ1v) is 10.9. The first-order chi connectivity index (χ1) is 17.7. The number of tetrazole rings is 1. The summed E-state index contributed by atoms with van der Waals surface area (Å²) in [5.41, 5.74) is 1.26. The van der Waals surface area contributed by atoms with Crippen molar-refractivity contribution in [3.05, 3.63) is 69.2 Å². The van der Waals surface area contributed by atoms with E-state index in [1.165, 1.54) is 16.9 Å². The number of rotatable bonds is 4. The molecular weight excluding hydrogens is 517 g/mol. The van der Waals surface area contributed by atoms with Crippen LogP contribution >= 0.6 is 11.6 Å². The summed E-state index contributed by atoms with van der Waals surface area (Å²) < 4.78 is 45.5. The molecule has 0 aliphatic rings. The van der Waals surface area contributed by atoms with Crippen LogP contribution in [0.1, 0.15) is 17.1 Å². The molecule has 5 heterocycles. The van der Waals surface area contributed by atoms with Crippen molar-refractivity contribution >= 4 is 33.4 Å².